The van der Waals surface area contributed by atoms with E-state index in [1.807, 2.05) is 140 Å². The summed E-state index contributed by atoms with van der Waals surface area (Å²) in [6.45, 7) is 18.7. The summed E-state index contributed by atoms with van der Waals surface area (Å²) in [6, 6.07) is 0. The van der Waals surface area contributed by atoms with Gasteiger partial charge in [0.15, 0.2) is 23.8 Å². The average Bonchev–Trinajstić information content (AvgIpc) is 3.28. The summed E-state index contributed by atoms with van der Waals surface area (Å²) in [5.74, 6) is -2.77. The Balaban J connectivity index is 0.00000164. The van der Waals surface area contributed by atoms with Gasteiger partial charge in [0, 0.05) is 26.4 Å². The molecule has 0 aromatic rings. The van der Waals surface area contributed by atoms with Gasteiger partial charge in [-0.2, -0.15) is 0 Å². The number of carboxylic acid groups (broad SMARTS) is 1. The molecule has 0 bridgehead atoms. The van der Waals surface area contributed by atoms with E-state index in [0.29, 0.717) is 30.3 Å². The van der Waals surface area contributed by atoms with Gasteiger partial charge >= 0.3 is 17.9 Å². The van der Waals surface area contributed by atoms with Gasteiger partial charge in [0.1, 0.15) is 30.7 Å². The maximum Gasteiger partial charge on any atom is 0.307 e. The molecule has 0 amide bonds. The third-order valence-corrected chi connectivity index (χ3v) is 11.5. The summed E-state index contributed by atoms with van der Waals surface area (Å²) >= 11 is 0. The summed E-state index contributed by atoms with van der Waals surface area (Å²) in [5, 5.41) is 53.5. The van der Waals surface area contributed by atoms with Crippen molar-refractivity contribution in [2.24, 2.45) is 10.8 Å². The van der Waals surface area contributed by atoms with Gasteiger partial charge in [-0.15, -0.1) is 0 Å². The van der Waals surface area contributed by atoms with Crippen LogP contribution in [0.4, 0.5) is 0 Å². The molecule has 0 aliphatic heterocycles. The molecule has 0 radical (unpaired) electrons. The minimum Gasteiger partial charge on any atom is -0.481 e. The molecule has 386 valence electrons. The van der Waals surface area contributed by atoms with Crippen LogP contribution in [0.1, 0.15) is 108 Å². The lowest BCUT2D eigenvalue weighted by molar-refractivity contribution is -0.157. The first-order chi connectivity index (χ1) is 32.7. The highest BCUT2D eigenvalue weighted by Gasteiger charge is 2.41. The number of aliphatic hydroxyl groups excluding tert-OH is 5. The van der Waals surface area contributed by atoms with Crippen LogP contribution in [0.25, 0.3) is 0 Å². The number of aliphatic carboxylic acids is 1. The third kappa shape index (κ3) is 22.0. The maximum atomic E-state index is 13.0. The number of methoxy groups -OCH3 is 1. The van der Waals surface area contributed by atoms with Crippen LogP contribution < -0.4 is 0 Å². The molecule has 0 saturated carbocycles. The largest absolute Gasteiger partial charge is 0.481 e. The van der Waals surface area contributed by atoms with Gasteiger partial charge in [-0.05, 0) is 74.7 Å². The van der Waals surface area contributed by atoms with Gasteiger partial charge in [0.05, 0.1) is 32.5 Å². The number of hydrogen-bond donors (Lipinski definition) is 6. The lowest BCUT2D eigenvalue weighted by Gasteiger charge is -2.36. The highest BCUT2D eigenvalue weighted by atomic mass is 16.6. The van der Waals surface area contributed by atoms with Crippen molar-refractivity contribution >= 4 is 35.8 Å². The Hall–Kier alpha value is -5.68. The standard InChI is InChI=1S/C48H60O9.C7H16O6/c1-32(18-13-20-34(3)23-25-38-36(5)45(54)40(30-47(38,7)8)56-43(52)22-15-29-49)16-11-12-17-33(2)19-14-21-35(4)24-26-39-37(6)46(55)41(31-48(39,9)10)57-44(53)28-27-42(50)51;1-13-3-5(10)7(12)6(11)4(9)2-8/h11-14,16-21,23-26,29,40-41H,15,22,27-28,30-31H2,1-10H3,(H,50,51);4-12H,2-3H2,1H3/b12-11+,18-13+,19-14+,25-23+,26-24+,32-16+,33-17+,34-20+,35-21+;. The SMILES string of the molecule is CC1=C(/C=C/C(C)=C/C=C/C(C)=C/C=C/C=C(C)/C=C/C=C(C)/C=C/C2=C(C)C(=O)C(OC(=O)CCC(=O)O)CC2(C)C)C(C)(C)CC(OC(=O)CCC=O)C1=O.COCC(O)C(O)C(O)C(O)CO. The van der Waals surface area contributed by atoms with Crippen molar-refractivity contribution in [1.29, 1.82) is 0 Å². The van der Waals surface area contributed by atoms with Gasteiger partial charge in [0.2, 0.25) is 0 Å². The molecule has 0 aromatic heterocycles. The molecule has 70 heavy (non-hydrogen) atoms. The first-order valence-electron chi connectivity index (χ1n) is 23.2. The Kier molecular flexibility index (Phi) is 27.4. The highest BCUT2D eigenvalue weighted by molar-refractivity contribution is 6.02. The zero-order valence-electron chi connectivity index (χ0n) is 42.6. The van der Waals surface area contributed by atoms with Crippen LogP contribution in [0.5, 0.6) is 0 Å². The van der Waals surface area contributed by atoms with E-state index in [9.17, 15) is 28.8 Å². The monoisotopic (exact) mass is 977 g/mol. The van der Waals surface area contributed by atoms with Gasteiger partial charge in [-0.3, -0.25) is 24.0 Å². The predicted molar refractivity (Wildman–Crippen MR) is 268 cm³/mol. The van der Waals surface area contributed by atoms with Crippen molar-refractivity contribution in [3.8, 4) is 0 Å². The van der Waals surface area contributed by atoms with Crippen molar-refractivity contribution in [3.05, 3.63) is 130 Å². The van der Waals surface area contributed by atoms with Crippen molar-refractivity contribution in [2.45, 2.75) is 144 Å². The topological polar surface area (TPSA) is 251 Å². The summed E-state index contributed by atoms with van der Waals surface area (Å²) in [6.07, 6.45) is 20.9. The average molecular weight is 977 g/mol. The third-order valence-electron chi connectivity index (χ3n) is 11.5. The molecule has 15 nitrogen and oxygen atoms in total. The van der Waals surface area contributed by atoms with Crippen LogP contribution in [-0.2, 0) is 43.0 Å². The van der Waals surface area contributed by atoms with Gasteiger partial charge < -0.3 is 49.6 Å². The van der Waals surface area contributed by atoms with E-state index in [-0.39, 0.29) is 49.3 Å². The minimum absolute atomic E-state index is 0.0286. The van der Waals surface area contributed by atoms with Crippen LogP contribution in [0.3, 0.4) is 0 Å². The van der Waals surface area contributed by atoms with Crippen molar-refractivity contribution in [2.75, 3.05) is 20.3 Å². The van der Waals surface area contributed by atoms with Crippen molar-refractivity contribution < 1.29 is 73.6 Å². The fourth-order valence-electron chi connectivity index (χ4n) is 7.41. The van der Waals surface area contributed by atoms with Gasteiger partial charge in [-0.1, -0.05) is 135 Å². The van der Waals surface area contributed by atoms with E-state index in [2.05, 4.69) is 4.74 Å². The first kappa shape index (κ1) is 62.3. The number of esters is 2. The highest BCUT2D eigenvalue weighted by Crippen LogP contribution is 2.42. The number of rotatable bonds is 24. The van der Waals surface area contributed by atoms with E-state index in [1.54, 1.807) is 13.8 Å². The second kappa shape index (κ2) is 30.8. The second-order valence-electron chi connectivity index (χ2n) is 18.7. The Morgan fingerprint density at radius 3 is 1.40 bits per heavy atom. The summed E-state index contributed by atoms with van der Waals surface area (Å²) in [7, 11) is 1.32. The number of aldehydes is 1. The number of ether oxygens (including phenoxy) is 3. The van der Waals surface area contributed by atoms with Crippen LogP contribution in [0, 0.1) is 10.8 Å². The second-order valence-corrected chi connectivity index (χ2v) is 18.7. The van der Waals surface area contributed by atoms with Crippen LogP contribution in [0.15, 0.2) is 130 Å². The Morgan fingerprint density at radius 2 is 1.01 bits per heavy atom. The zero-order chi connectivity index (χ0) is 53.4. The summed E-state index contributed by atoms with van der Waals surface area (Å²) < 4.78 is 15.3. The lowest BCUT2D eigenvalue weighted by atomic mass is 9.71. The van der Waals surface area contributed by atoms with E-state index in [4.69, 9.17) is 40.1 Å². The fraction of sp³-hybridized carbons (Fsp3) is 0.491. The van der Waals surface area contributed by atoms with E-state index in [0.717, 1.165) is 33.4 Å². The zero-order valence-corrected chi connectivity index (χ0v) is 42.6. The molecule has 2 aliphatic rings. The predicted octanol–water partition coefficient (Wildman–Crippen LogP) is 6.92. The quantitative estimate of drug-likeness (QED) is 0.0326. The molecule has 0 saturated heterocycles. The fourth-order valence-corrected chi connectivity index (χ4v) is 7.41. The number of hydrogen-bond acceptors (Lipinski definition) is 14. The Labute approximate surface area is 413 Å². The molecule has 15 heteroatoms. The van der Waals surface area contributed by atoms with Crippen molar-refractivity contribution in [1.82, 2.24) is 0 Å². The number of aliphatic hydroxyl groups is 5. The number of allylic oxidation sites excluding steroid dienone is 20. The number of ketones is 2. The molecule has 0 heterocycles. The number of carbonyl (C=O) groups excluding carboxylic acids is 5. The molecular weight excluding hydrogens is 901 g/mol. The maximum absolute atomic E-state index is 13.0. The molecule has 6 atom stereocenters. The Bertz CT molecular complexity index is 2180. The smallest absolute Gasteiger partial charge is 0.307 e. The van der Waals surface area contributed by atoms with Crippen molar-refractivity contribution in [3.63, 3.8) is 0 Å². The number of Topliss-reactive ketones (excluding diaryl/α,β-unsaturated/α-hetero) is 2. The van der Waals surface area contributed by atoms with Crippen LogP contribution in [-0.4, -0.2) is 123 Å². The molecule has 2 rings (SSSR count). The molecule has 0 aromatic carbocycles. The molecule has 6 N–H and O–H groups in total. The van der Waals surface area contributed by atoms with E-state index in [1.165, 1.54) is 7.11 Å². The number of carboxylic acids is 1. The van der Waals surface area contributed by atoms with Crippen LogP contribution in [0.2, 0.25) is 0 Å². The normalized spacial score (nSPS) is 21.1. The number of carbonyl (C=O) groups is 6. The molecule has 6 unspecified atom stereocenters. The van der Waals surface area contributed by atoms with Gasteiger partial charge in [-0.25, -0.2) is 0 Å². The molecular formula is C55H76O15. The Morgan fingerprint density at radius 1 is 0.629 bits per heavy atom. The minimum atomic E-state index is -1.59. The molecule has 0 spiro atoms. The molecule has 0 fully saturated rings. The first-order valence-corrected chi connectivity index (χ1v) is 23.2. The van der Waals surface area contributed by atoms with Crippen LogP contribution >= 0.6 is 0 Å². The summed E-state index contributed by atoms with van der Waals surface area (Å²) in [5.41, 5.74) is 6.23. The van der Waals surface area contributed by atoms with E-state index < -0.39 is 66.6 Å². The molecule has 2 aliphatic carbocycles. The summed E-state index contributed by atoms with van der Waals surface area (Å²) in [4.78, 5) is 71.4. The van der Waals surface area contributed by atoms with Gasteiger partial charge in [0.25, 0.3) is 0 Å². The lowest BCUT2D eigenvalue weighted by Crippen LogP contribution is -2.47. The van der Waals surface area contributed by atoms with E-state index >= 15 is 0 Å².